The summed E-state index contributed by atoms with van der Waals surface area (Å²) in [5, 5.41) is 8.03. The van der Waals surface area contributed by atoms with Crippen LogP contribution in [0.25, 0.3) is 10.9 Å². The van der Waals surface area contributed by atoms with E-state index in [2.05, 4.69) is 10.2 Å². The number of benzene rings is 1. The van der Waals surface area contributed by atoms with Gasteiger partial charge in [-0.2, -0.15) is 5.10 Å². The van der Waals surface area contributed by atoms with Crippen molar-refractivity contribution < 1.29 is 9.53 Å². The number of H-pyrrole nitrogens is 1. The third-order valence-electron chi connectivity index (χ3n) is 2.50. The molecule has 0 spiro atoms. The van der Waals surface area contributed by atoms with Gasteiger partial charge in [0.15, 0.2) is 0 Å². The summed E-state index contributed by atoms with van der Waals surface area (Å²) in [6.07, 6.45) is 0. The minimum Gasteiger partial charge on any atom is -0.459 e. The average molecular weight is 232 g/mol. The Morgan fingerprint density at radius 2 is 2.06 bits per heavy atom. The summed E-state index contributed by atoms with van der Waals surface area (Å²) in [5.74, 6) is -0.212. The van der Waals surface area contributed by atoms with Crippen molar-refractivity contribution in [2.45, 2.75) is 27.4 Å². The number of aromatic nitrogens is 2. The van der Waals surface area contributed by atoms with E-state index >= 15 is 0 Å². The first-order valence-electron chi connectivity index (χ1n) is 5.58. The third kappa shape index (κ3) is 2.46. The lowest BCUT2D eigenvalue weighted by Gasteiger charge is -2.16. The van der Waals surface area contributed by atoms with Crippen LogP contribution in [0.15, 0.2) is 24.3 Å². The number of nitrogens with zero attached hydrogens (tertiary/aromatic N) is 1. The Balaban J connectivity index is 2.12. The minimum atomic E-state index is -0.476. The van der Waals surface area contributed by atoms with Crippen molar-refractivity contribution in [1.29, 1.82) is 0 Å². The predicted molar refractivity (Wildman–Crippen MR) is 65.3 cm³/mol. The minimum absolute atomic E-state index is 0.212. The highest BCUT2D eigenvalue weighted by Gasteiger charge is 2.23. The fourth-order valence-corrected chi connectivity index (χ4v) is 1.48. The van der Waals surface area contributed by atoms with Crippen LogP contribution in [0.5, 0.6) is 0 Å². The zero-order chi connectivity index (χ0) is 12.5. The SMILES string of the molecule is CC(C)(C)C(=O)OCc1[nH]nc2ccccc12. The van der Waals surface area contributed by atoms with Gasteiger partial charge in [-0.25, -0.2) is 0 Å². The number of hydrogen-bond acceptors (Lipinski definition) is 3. The summed E-state index contributed by atoms with van der Waals surface area (Å²) in [5.41, 5.74) is 1.24. The number of rotatable bonds is 2. The summed E-state index contributed by atoms with van der Waals surface area (Å²) < 4.78 is 5.25. The van der Waals surface area contributed by atoms with E-state index in [9.17, 15) is 4.79 Å². The van der Waals surface area contributed by atoms with Gasteiger partial charge in [-0.15, -0.1) is 0 Å². The Hall–Kier alpha value is -1.84. The van der Waals surface area contributed by atoms with Gasteiger partial charge < -0.3 is 4.74 Å². The maximum absolute atomic E-state index is 11.6. The molecule has 1 heterocycles. The van der Waals surface area contributed by atoms with Crippen molar-refractivity contribution in [3.8, 4) is 0 Å². The second-order valence-electron chi connectivity index (χ2n) is 5.05. The van der Waals surface area contributed by atoms with Crippen molar-refractivity contribution in [2.24, 2.45) is 5.41 Å². The normalized spacial score (nSPS) is 11.7. The van der Waals surface area contributed by atoms with Crippen molar-refractivity contribution in [1.82, 2.24) is 10.2 Å². The highest BCUT2D eigenvalue weighted by atomic mass is 16.5. The van der Waals surface area contributed by atoms with Gasteiger partial charge in [-0.3, -0.25) is 9.89 Å². The van der Waals surface area contributed by atoms with Gasteiger partial charge in [-0.1, -0.05) is 18.2 Å². The number of aromatic amines is 1. The number of hydrogen-bond donors (Lipinski definition) is 1. The largest absolute Gasteiger partial charge is 0.459 e. The summed E-state index contributed by atoms with van der Waals surface area (Å²) in [7, 11) is 0. The zero-order valence-electron chi connectivity index (χ0n) is 10.3. The van der Waals surface area contributed by atoms with E-state index in [-0.39, 0.29) is 12.6 Å². The molecule has 0 unspecified atom stereocenters. The number of fused-ring (bicyclic) bond motifs is 1. The molecule has 4 nitrogen and oxygen atoms in total. The molecule has 2 rings (SSSR count). The van der Waals surface area contributed by atoms with Gasteiger partial charge in [0.25, 0.3) is 0 Å². The lowest BCUT2D eigenvalue weighted by Crippen LogP contribution is -2.22. The Morgan fingerprint density at radius 3 is 2.76 bits per heavy atom. The molecule has 0 saturated heterocycles. The van der Waals surface area contributed by atoms with Crippen molar-refractivity contribution in [3.05, 3.63) is 30.0 Å². The molecule has 0 radical (unpaired) electrons. The third-order valence-corrected chi connectivity index (χ3v) is 2.50. The van der Waals surface area contributed by atoms with Gasteiger partial charge in [0.2, 0.25) is 0 Å². The summed E-state index contributed by atoms with van der Waals surface area (Å²) in [4.78, 5) is 11.6. The van der Waals surface area contributed by atoms with E-state index in [1.165, 1.54) is 0 Å². The zero-order valence-corrected chi connectivity index (χ0v) is 10.3. The number of esters is 1. The van der Waals surface area contributed by atoms with Crippen LogP contribution in [0, 0.1) is 5.41 Å². The Morgan fingerprint density at radius 1 is 1.35 bits per heavy atom. The fourth-order valence-electron chi connectivity index (χ4n) is 1.48. The van der Waals surface area contributed by atoms with Gasteiger partial charge in [-0.05, 0) is 26.8 Å². The van der Waals surface area contributed by atoms with Crippen LogP contribution in [0.3, 0.4) is 0 Å². The van der Waals surface area contributed by atoms with Gasteiger partial charge in [0, 0.05) is 5.39 Å². The lowest BCUT2D eigenvalue weighted by atomic mass is 9.97. The lowest BCUT2D eigenvalue weighted by molar-refractivity contribution is -0.154. The predicted octanol–water partition coefficient (Wildman–Crippen LogP) is 2.65. The van der Waals surface area contributed by atoms with Crippen molar-refractivity contribution in [2.75, 3.05) is 0 Å². The topological polar surface area (TPSA) is 55.0 Å². The molecule has 0 fully saturated rings. The Kier molecular flexibility index (Phi) is 2.88. The quantitative estimate of drug-likeness (QED) is 0.810. The van der Waals surface area contributed by atoms with E-state index in [0.717, 1.165) is 16.6 Å². The molecule has 0 aliphatic heterocycles. The van der Waals surface area contributed by atoms with Gasteiger partial charge >= 0.3 is 5.97 Å². The summed E-state index contributed by atoms with van der Waals surface area (Å²) in [6.45, 7) is 5.73. The van der Waals surface area contributed by atoms with E-state index < -0.39 is 5.41 Å². The molecule has 1 N–H and O–H groups in total. The van der Waals surface area contributed by atoms with Crippen LogP contribution in [0.4, 0.5) is 0 Å². The highest BCUT2D eigenvalue weighted by Crippen LogP contribution is 2.19. The molecule has 4 heteroatoms. The fraction of sp³-hybridized carbons (Fsp3) is 0.385. The molecular formula is C13H16N2O2. The standard InChI is InChI=1S/C13H16N2O2/c1-13(2,3)12(16)17-8-11-9-6-4-5-7-10(9)14-15-11/h4-7H,8H2,1-3H3,(H,14,15). The van der Waals surface area contributed by atoms with E-state index in [4.69, 9.17) is 4.74 Å². The monoisotopic (exact) mass is 232 g/mol. The molecule has 17 heavy (non-hydrogen) atoms. The molecule has 0 aliphatic rings. The number of ether oxygens (including phenoxy) is 1. The molecule has 0 amide bonds. The summed E-state index contributed by atoms with van der Waals surface area (Å²) in [6, 6.07) is 7.74. The highest BCUT2D eigenvalue weighted by molar-refractivity contribution is 5.81. The number of carbonyl (C=O) groups excluding carboxylic acids is 1. The molecular weight excluding hydrogens is 216 g/mol. The van der Waals surface area contributed by atoms with Crippen LogP contribution < -0.4 is 0 Å². The molecule has 1 aromatic carbocycles. The maximum atomic E-state index is 11.6. The second-order valence-corrected chi connectivity index (χ2v) is 5.05. The first-order chi connectivity index (χ1) is 7.98. The molecule has 90 valence electrons. The Bertz CT molecular complexity index is 538. The van der Waals surface area contributed by atoms with Crippen molar-refractivity contribution in [3.63, 3.8) is 0 Å². The summed E-state index contributed by atoms with van der Waals surface area (Å²) >= 11 is 0. The van der Waals surface area contributed by atoms with E-state index in [1.807, 2.05) is 45.0 Å². The van der Waals surface area contributed by atoms with Crippen LogP contribution >= 0.6 is 0 Å². The van der Waals surface area contributed by atoms with E-state index in [0.29, 0.717) is 0 Å². The molecule has 2 aromatic rings. The molecule has 0 bridgehead atoms. The van der Waals surface area contributed by atoms with Crippen molar-refractivity contribution >= 4 is 16.9 Å². The van der Waals surface area contributed by atoms with Crippen LogP contribution in [-0.2, 0) is 16.1 Å². The smallest absolute Gasteiger partial charge is 0.311 e. The number of nitrogens with one attached hydrogen (secondary N) is 1. The van der Waals surface area contributed by atoms with E-state index in [1.54, 1.807) is 0 Å². The Labute approximate surface area is 100.0 Å². The molecule has 0 saturated carbocycles. The number of para-hydroxylation sites is 1. The first kappa shape index (κ1) is 11.6. The van der Waals surface area contributed by atoms with Crippen LogP contribution in [-0.4, -0.2) is 16.2 Å². The second kappa shape index (κ2) is 4.20. The molecule has 1 aromatic heterocycles. The maximum Gasteiger partial charge on any atom is 0.311 e. The van der Waals surface area contributed by atoms with Crippen LogP contribution in [0.2, 0.25) is 0 Å². The first-order valence-corrected chi connectivity index (χ1v) is 5.58. The number of carbonyl (C=O) groups is 1. The van der Waals surface area contributed by atoms with Gasteiger partial charge in [0.05, 0.1) is 16.6 Å². The van der Waals surface area contributed by atoms with Gasteiger partial charge in [0.1, 0.15) is 6.61 Å². The average Bonchev–Trinajstić information content (AvgIpc) is 2.68. The molecule has 0 aliphatic carbocycles. The molecule has 0 atom stereocenters. The van der Waals surface area contributed by atoms with Crippen LogP contribution in [0.1, 0.15) is 26.5 Å².